The van der Waals surface area contributed by atoms with E-state index in [0.29, 0.717) is 5.69 Å². The van der Waals surface area contributed by atoms with Gasteiger partial charge in [-0.05, 0) is 28.1 Å². The molecule has 0 aliphatic heterocycles. The molecule has 0 aliphatic rings. The van der Waals surface area contributed by atoms with E-state index in [9.17, 15) is 4.79 Å². The predicted molar refractivity (Wildman–Crippen MR) is 57.9 cm³/mol. The molecule has 2 heterocycles. The molecule has 2 aromatic heterocycles. The Morgan fingerprint density at radius 1 is 1.57 bits per heavy atom. The van der Waals surface area contributed by atoms with Crippen molar-refractivity contribution in [2.24, 2.45) is 0 Å². The van der Waals surface area contributed by atoms with Gasteiger partial charge in [-0.25, -0.2) is 4.98 Å². The lowest BCUT2D eigenvalue weighted by Crippen LogP contribution is -2.04. The summed E-state index contributed by atoms with van der Waals surface area (Å²) in [6.07, 6.45) is 3.33. The van der Waals surface area contributed by atoms with E-state index in [1.165, 1.54) is 6.20 Å². The lowest BCUT2D eigenvalue weighted by Gasteiger charge is -1.98. The van der Waals surface area contributed by atoms with E-state index in [1.54, 1.807) is 10.6 Å². The summed E-state index contributed by atoms with van der Waals surface area (Å²) < 4.78 is 2.61. The number of halogens is 2. The van der Waals surface area contributed by atoms with Gasteiger partial charge in [-0.2, -0.15) is 0 Å². The Bertz CT molecular complexity index is 495. The van der Waals surface area contributed by atoms with Gasteiger partial charge in [-0.3, -0.25) is 9.20 Å². The molecule has 0 saturated carbocycles. The van der Waals surface area contributed by atoms with Gasteiger partial charge in [0.05, 0.1) is 12.1 Å². The number of aromatic nitrogens is 2. The van der Waals surface area contributed by atoms with Crippen LogP contribution in [0.15, 0.2) is 29.0 Å². The van der Waals surface area contributed by atoms with E-state index in [4.69, 9.17) is 11.6 Å². The molecular weight excluding hydrogens is 267 g/mol. The van der Waals surface area contributed by atoms with E-state index in [1.807, 2.05) is 12.1 Å². The summed E-state index contributed by atoms with van der Waals surface area (Å²) in [5, 5.41) is 0. The van der Waals surface area contributed by atoms with Crippen LogP contribution < -0.4 is 0 Å². The number of nitrogens with zero attached hydrogens (tertiary/aromatic N) is 2. The highest BCUT2D eigenvalue weighted by Crippen LogP contribution is 2.14. The number of Topliss-reactive ketones (excluding diaryl/α,β-unsaturated/α-hetero) is 1. The maximum Gasteiger partial charge on any atom is 0.195 e. The largest absolute Gasteiger partial charge is 0.296 e. The minimum Gasteiger partial charge on any atom is -0.296 e. The van der Waals surface area contributed by atoms with Gasteiger partial charge in [0.15, 0.2) is 5.78 Å². The molecule has 3 nitrogen and oxygen atoms in total. The monoisotopic (exact) mass is 272 g/mol. The second kappa shape index (κ2) is 3.71. The van der Waals surface area contributed by atoms with E-state index >= 15 is 0 Å². The summed E-state index contributed by atoms with van der Waals surface area (Å²) in [6.45, 7) is 0. The SMILES string of the molecule is O=C(CCl)c1cnc2ccc(Br)cn12. The lowest BCUT2D eigenvalue weighted by molar-refractivity contribution is 0.101. The second-order valence-electron chi connectivity index (χ2n) is 2.78. The third-order valence-electron chi connectivity index (χ3n) is 1.88. The molecular formula is C9H6BrClN2O. The predicted octanol–water partition coefficient (Wildman–Crippen LogP) is 2.52. The maximum atomic E-state index is 11.4. The third-order valence-corrected chi connectivity index (χ3v) is 2.59. The molecule has 0 unspecified atom stereocenters. The summed E-state index contributed by atoms with van der Waals surface area (Å²) in [7, 11) is 0. The van der Waals surface area contributed by atoms with Crippen LogP contribution in [0.5, 0.6) is 0 Å². The summed E-state index contributed by atoms with van der Waals surface area (Å²) in [5.41, 5.74) is 1.25. The van der Waals surface area contributed by atoms with Crippen LogP contribution in [0.1, 0.15) is 10.5 Å². The van der Waals surface area contributed by atoms with Crippen LogP contribution in [0.25, 0.3) is 5.65 Å². The van der Waals surface area contributed by atoms with Crippen molar-refractivity contribution in [3.8, 4) is 0 Å². The number of ketones is 1. The fourth-order valence-electron chi connectivity index (χ4n) is 1.23. The van der Waals surface area contributed by atoms with Crippen molar-refractivity contribution in [1.29, 1.82) is 0 Å². The molecule has 0 aliphatic carbocycles. The highest BCUT2D eigenvalue weighted by molar-refractivity contribution is 9.10. The number of carbonyl (C=O) groups is 1. The Hall–Kier alpha value is -0.870. The molecule has 0 fully saturated rings. The fourth-order valence-corrected chi connectivity index (χ4v) is 1.70. The van der Waals surface area contributed by atoms with Gasteiger partial charge in [0.25, 0.3) is 0 Å². The number of fused-ring (bicyclic) bond motifs is 1. The summed E-state index contributed by atoms with van der Waals surface area (Å²) in [6, 6.07) is 3.70. The second-order valence-corrected chi connectivity index (χ2v) is 3.96. The van der Waals surface area contributed by atoms with Crippen LogP contribution in [0.3, 0.4) is 0 Å². The first kappa shape index (κ1) is 9.68. The Morgan fingerprint density at radius 2 is 2.36 bits per heavy atom. The molecule has 0 amide bonds. The average Bonchev–Trinajstić information content (AvgIpc) is 2.59. The molecule has 0 radical (unpaired) electrons. The first-order valence-electron chi connectivity index (χ1n) is 3.94. The zero-order valence-electron chi connectivity index (χ0n) is 7.08. The minimum absolute atomic E-state index is 0.0275. The Morgan fingerprint density at radius 3 is 3.07 bits per heavy atom. The van der Waals surface area contributed by atoms with Crippen molar-refractivity contribution in [2.45, 2.75) is 0 Å². The van der Waals surface area contributed by atoms with Gasteiger partial charge < -0.3 is 0 Å². The van der Waals surface area contributed by atoms with E-state index in [-0.39, 0.29) is 11.7 Å². The third kappa shape index (κ3) is 1.55. The minimum atomic E-state index is -0.128. The van der Waals surface area contributed by atoms with Crippen molar-refractivity contribution >= 4 is 39.0 Å². The Labute approximate surface area is 93.8 Å². The molecule has 2 rings (SSSR count). The molecule has 0 atom stereocenters. The summed E-state index contributed by atoms with van der Waals surface area (Å²) in [4.78, 5) is 15.5. The van der Waals surface area contributed by atoms with Crippen molar-refractivity contribution in [3.05, 3.63) is 34.7 Å². The first-order valence-corrected chi connectivity index (χ1v) is 5.27. The van der Waals surface area contributed by atoms with Crippen molar-refractivity contribution in [2.75, 3.05) is 5.88 Å². The van der Waals surface area contributed by atoms with Crippen LogP contribution >= 0.6 is 27.5 Å². The summed E-state index contributed by atoms with van der Waals surface area (Å²) >= 11 is 8.81. The van der Waals surface area contributed by atoms with Crippen LogP contribution in [0.2, 0.25) is 0 Å². The van der Waals surface area contributed by atoms with Crippen LogP contribution in [-0.4, -0.2) is 21.0 Å². The molecule has 0 bridgehead atoms. The molecule has 0 saturated heterocycles. The van der Waals surface area contributed by atoms with Crippen LogP contribution in [0.4, 0.5) is 0 Å². The van der Waals surface area contributed by atoms with Crippen molar-refractivity contribution in [3.63, 3.8) is 0 Å². The maximum absolute atomic E-state index is 11.4. The van der Waals surface area contributed by atoms with Gasteiger partial charge >= 0.3 is 0 Å². The van der Waals surface area contributed by atoms with E-state index in [0.717, 1.165) is 10.1 Å². The van der Waals surface area contributed by atoms with Gasteiger partial charge in [0, 0.05) is 10.7 Å². The van der Waals surface area contributed by atoms with E-state index in [2.05, 4.69) is 20.9 Å². The molecule has 5 heteroatoms. The first-order chi connectivity index (χ1) is 6.72. The lowest BCUT2D eigenvalue weighted by atomic mass is 10.3. The zero-order valence-corrected chi connectivity index (χ0v) is 9.42. The number of hydrogen-bond acceptors (Lipinski definition) is 2. The Kier molecular flexibility index (Phi) is 2.56. The molecule has 0 N–H and O–H groups in total. The number of carbonyl (C=O) groups excluding carboxylic acids is 1. The zero-order chi connectivity index (χ0) is 10.1. The molecule has 0 aromatic carbocycles. The normalized spacial score (nSPS) is 10.7. The van der Waals surface area contributed by atoms with Gasteiger partial charge in [-0.15, -0.1) is 11.6 Å². The average molecular weight is 274 g/mol. The highest BCUT2D eigenvalue weighted by Gasteiger charge is 2.10. The smallest absolute Gasteiger partial charge is 0.195 e. The number of pyridine rings is 1. The van der Waals surface area contributed by atoms with Crippen molar-refractivity contribution < 1.29 is 4.79 Å². The molecule has 14 heavy (non-hydrogen) atoms. The molecule has 2 aromatic rings. The van der Waals surface area contributed by atoms with Crippen LogP contribution in [-0.2, 0) is 0 Å². The van der Waals surface area contributed by atoms with Gasteiger partial charge in [0.1, 0.15) is 11.3 Å². The van der Waals surface area contributed by atoms with Gasteiger partial charge in [0.2, 0.25) is 0 Å². The number of imidazole rings is 1. The standard InChI is InChI=1S/C9H6BrClN2O/c10-6-1-2-9-12-4-7(8(14)3-11)13(9)5-6/h1-2,4-5H,3H2. The highest BCUT2D eigenvalue weighted by atomic mass is 79.9. The molecule has 0 spiro atoms. The Balaban J connectivity index is 2.67. The fraction of sp³-hybridized carbons (Fsp3) is 0.111. The van der Waals surface area contributed by atoms with Gasteiger partial charge in [-0.1, -0.05) is 0 Å². The van der Waals surface area contributed by atoms with E-state index < -0.39 is 0 Å². The number of hydrogen-bond donors (Lipinski definition) is 0. The van der Waals surface area contributed by atoms with Crippen molar-refractivity contribution in [1.82, 2.24) is 9.38 Å². The quantitative estimate of drug-likeness (QED) is 0.622. The number of alkyl halides is 1. The topological polar surface area (TPSA) is 34.4 Å². The molecule has 72 valence electrons. The summed E-state index contributed by atoms with van der Waals surface area (Å²) in [5.74, 6) is -0.155. The van der Waals surface area contributed by atoms with Crippen LogP contribution in [0, 0.1) is 0 Å². The number of rotatable bonds is 2.